The Morgan fingerprint density at radius 3 is 1.93 bits per heavy atom. The van der Waals surface area contributed by atoms with Crippen LogP contribution < -0.4 is 0 Å². The van der Waals surface area contributed by atoms with Crippen molar-refractivity contribution in [1.82, 2.24) is 4.98 Å². The largest absolute Gasteiger partial charge is 0.256 e. The molecule has 0 aliphatic carbocycles. The quantitative estimate of drug-likeness (QED) is 0.332. The lowest BCUT2D eigenvalue weighted by atomic mass is 9.98. The Morgan fingerprint density at radius 2 is 1.07 bits per heavy atom. The predicted molar refractivity (Wildman–Crippen MR) is 118 cm³/mol. The number of aromatic nitrogens is 1. The molecule has 1 aromatic heterocycles. The van der Waals surface area contributed by atoms with E-state index >= 15 is 0 Å². The number of rotatable bonds is 3. The lowest BCUT2D eigenvalue weighted by Crippen LogP contribution is -1.87. The SMILES string of the molecule is c1ccc(-c2cccc(-c3ccnc(-c4ccc5ccccc5c4)c3)c2)cc1. The van der Waals surface area contributed by atoms with E-state index < -0.39 is 0 Å². The highest BCUT2D eigenvalue weighted by molar-refractivity contribution is 5.87. The summed E-state index contributed by atoms with van der Waals surface area (Å²) in [6, 6.07) is 38.4. The highest BCUT2D eigenvalue weighted by atomic mass is 14.7. The van der Waals surface area contributed by atoms with Crippen molar-refractivity contribution in [3.63, 3.8) is 0 Å². The average molecular weight is 357 g/mol. The van der Waals surface area contributed by atoms with E-state index in [0.717, 1.165) is 11.3 Å². The Bertz CT molecular complexity index is 1260. The van der Waals surface area contributed by atoms with Gasteiger partial charge in [0, 0.05) is 11.8 Å². The molecule has 0 bridgehead atoms. The van der Waals surface area contributed by atoms with Crippen molar-refractivity contribution in [2.24, 2.45) is 0 Å². The molecule has 28 heavy (non-hydrogen) atoms. The van der Waals surface area contributed by atoms with E-state index in [1.165, 1.54) is 33.0 Å². The summed E-state index contributed by atoms with van der Waals surface area (Å²) in [6.45, 7) is 0. The number of benzene rings is 4. The minimum atomic E-state index is 0.994. The van der Waals surface area contributed by atoms with Crippen LogP contribution in [0.4, 0.5) is 0 Å². The molecule has 5 rings (SSSR count). The molecule has 0 fully saturated rings. The third-order valence-electron chi connectivity index (χ3n) is 5.11. The van der Waals surface area contributed by atoms with Crippen molar-refractivity contribution in [2.45, 2.75) is 0 Å². The molecule has 0 aliphatic rings. The number of pyridine rings is 1. The highest BCUT2D eigenvalue weighted by Gasteiger charge is 2.06. The Labute approximate surface area is 165 Å². The van der Waals surface area contributed by atoms with Gasteiger partial charge in [-0.1, -0.05) is 84.9 Å². The van der Waals surface area contributed by atoms with E-state index in [9.17, 15) is 0 Å². The Hall–Kier alpha value is -3.71. The van der Waals surface area contributed by atoms with Crippen LogP contribution in [0.2, 0.25) is 0 Å². The third-order valence-corrected chi connectivity index (χ3v) is 5.11. The van der Waals surface area contributed by atoms with E-state index in [1.807, 2.05) is 12.3 Å². The van der Waals surface area contributed by atoms with Crippen molar-refractivity contribution in [3.8, 4) is 33.5 Å². The summed E-state index contributed by atoms with van der Waals surface area (Å²) in [4.78, 5) is 4.62. The molecule has 0 atom stereocenters. The maximum Gasteiger partial charge on any atom is 0.0708 e. The summed E-state index contributed by atoms with van der Waals surface area (Å²) in [6.07, 6.45) is 1.90. The summed E-state index contributed by atoms with van der Waals surface area (Å²) in [5.41, 5.74) is 6.96. The van der Waals surface area contributed by atoms with Crippen LogP contribution in [-0.4, -0.2) is 4.98 Å². The topological polar surface area (TPSA) is 12.9 Å². The van der Waals surface area contributed by atoms with E-state index in [4.69, 9.17) is 0 Å². The smallest absolute Gasteiger partial charge is 0.0708 e. The summed E-state index contributed by atoms with van der Waals surface area (Å²) in [5.74, 6) is 0. The second-order valence-electron chi connectivity index (χ2n) is 6.94. The lowest BCUT2D eigenvalue weighted by molar-refractivity contribution is 1.33. The van der Waals surface area contributed by atoms with Gasteiger partial charge in [0.1, 0.15) is 0 Å². The monoisotopic (exact) mass is 357 g/mol. The van der Waals surface area contributed by atoms with Gasteiger partial charge in [0.15, 0.2) is 0 Å². The zero-order valence-corrected chi connectivity index (χ0v) is 15.4. The average Bonchev–Trinajstić information content (AvgIpc) is 2.79. The molecule has 0 aliphatic heterocycles. The molecule has 0 N–H and O–H groups in total. The van der Waals surface area contributed by atoms with Crippen LogP contribution in [0.1, 0.15) is 0 Å². The Kier molecular flexibility index (Phi) is 4.19. The summed E-state index contributed by atoms with van der Waals surface area (Å²) < 4.78 is 0. The first-order valence-electron chi connectivity index (χ1n) is 9.48. The second-order valence-corrected chi connectivity index (χ2v) is 6.94. The zero-order chi connectivity index (χ0) is 18.8. The van der Waals surface area contributed by atoms with Crippen molar-refractivity contribution in [1.29, 1.82) is 0 Å². The Morgan fingerprint density at radius 1 is 0.393 bits per heavy atom. The fourth-order valence-electron chi connectivity index (χ4n) is 3.63. The van der Waals surface area contributed by atoms with Gasteiger partial charge >= 0.3 is 0 Å². The van der Waals surface area contributed by atoms with Gasteiger partial charge in [0.25, 0.3) is 0 Å². The first kappa shape index (κ1) is 16.5. The zero-order valence-electron chi connectivity index (χ0n) is 15.4. The second kappa shape index (κ2) is 7.13. The van der Waals surface area contributed by atoms with E-state index in [1.54, 1.807) is 0 Å². The predicted octanol–water partition coefficient (Wildman–Crippen LogP) is 7.24. The molecule has 0 spiro atoms. The van der Waals surface area contributed by atoms with Gasteiger partial charge in [0.05, 0.1) is 5.69 Å². The van der Waals surface area contributed by atoms with Crippen molar-refractivity contribution < 1.29 is 0 Å². The summed E-state index contributed by atoms with van der Waals surface area (Å²) in [7, 11) is 0. The van der Waals surface area contributed by atoms with E-state index in [0.29, 0.717) is 0 Å². The van der Waals surface area contributed by atoms with Crippen LogP contribution in [-0.2, 0) is 0 Å². The van der Waals surface area contributed by atoms with Crippen molar-refractivity contribution in [2.75, 3.05) is 0 Å². The van der Waals surface area contributed by atoms with Crippen molar-refractivity contribution >= 4 is 10.8 Å². The summed E-state index contributed by atoms with van der Waals surface area (Å²) >= 11 is 0. The fourth-order valence-corrected chi connectivity index (χ4v) is 3.63. The minimum Gasteiger partial charge on any atom is -0.256 e. The highest BCUT2D eigenvalue weighted by Crippen LogP contribution is 2.29. The molecule has 0 unspecified atom stereocenters. The van der Waals surface area contributed by atoms with Crippen LogP contribution in [0.5, 0.6) is 0 Å². The molecule has 1 heterocycles. The van der Waals surface area contributed by atoms with Crippen LogP contribution >= 0.6 is 0 Å². The van der Waals surface area contributed by atoms with Gasteiger partial charge in [-0.15, -0.1) is 0 Å². The third kappa shape index (κ3) is 3.19. The Balaban J connectivity index is 1.55. The normalized spacial score (nSPS) is 10.9. The molecule has 1 nitrogen and oxygen atoms in total. The van der Waals surface area contributed by atoms with Crippen molar-refractivity contribution in [3.05, 3.63) is 115 Å². The lowest BCUT2D eigenvalue weighted by Gasteiger charge is -2.08. The molecule has 0 amide bonds. The number of nitrogens with zero attached hydrogens (tertiary/aromatic N) is 1. The standard InChI is InChI=1S/C27H19N/c1-2-7-20(8-3-1)23-11-6-12-24(17-23)25-15-16-28-27(19-25)26-14-13-21-9-4-5-10-22(21)18-26/h1-19H. The van der Waals surface area contributed by atoms with Gasteiger partial charge in [0.2, 0.25) is 0 Å². The maximum absolute atomic E-state index is 4.62. The minimum absolute atomic E-state index is 0.994. The van der Waals surface area contributed by atoms with Crippen LogP contribution in [0, 0.1) is 0 Å². The van der Waals surface area contributed by atoms with Gasteiger partial charge in [-0.3, -0.25) is 4.98 Å². The van der Waals surface area contributed by atoms with Crippen LogP contribution in [0.25, 0.3) is 44.3 Å². The number of hydrogen-bond acceptors (Lipinski definition) is 1. The maximum atomic E-state index is 4.62. The fraction of sp³-hybridized carbons (Fsp3) is 0. The number of hydrogen-bond donors (Lipinski definition) is 0. The molecule has 1 heteroatoms. The van der Waals surface area contributed by atoms with E-state index in [-0.39, 0.29) is 0 Å². The van der Waals surface area contributed by atoms with Gasteiger partial charge in [-0.05, 0) is 57.3 Å². The molecule has 4 aromatic carbocycles. The van der Waals surface area contributed by atoms with Crippen LogP contribution in [0.15, 0.2) is 115 Å². The van der Waals surface area contributed by atoms with E-state index in [2.05, 4.69) is 108 Å². The molecule has 0 saturated heterocycles. The van der Waals surface area contributed by atoms with Gasteiger partial charge < -0.3 is 0 Å². The summed E-state index contributed by atoms with van der Waals surface area (Å²) in [5, 5.41) is 2.48. The van der Waals surface area contributed by atoms with Gasteiger partial charge in [-0.25, -0.2) is 0 Å². The first-order valence-corrected chi connectivity index (χ1v) is 9.48. The van der Waals surface area contributed by atoms with Crippen LogP contribution in [0.3, 0.4) is 0 Å². The number of fused-ring (bicyclic) bond motifs is 1. The molecule has 0 saturated carbocycles. The molecule has 5 aromatic rings. The molecular formula is C27H19N. The molecule has 0 radical (unpaired) electrons. The van der Waals surface area contributed by atoms with Gasteiger partial charge in [-0.2, -0.15) is 0 Å². The first-order chi connectivity index (χ1) is 13.9. The molecule has 132 valence electrons. The molecular weight excluding hydrogens is 338 g/mol.